The molecule has 0 unspecified atom stereocenters. The summed E-state index contributed by atoms with van der Waals surface area (Å²) in [5.41, 5.74) is 2.27. The van der Waals surface area contributed by atoms with Crippen LogP contribution in [0.3, 0.4) is 0 Å². The maximum Gasteiger partial charge on any atom is 0.161 e. The van der Waals surface area contributed by atoms with Crippen molar-refractivity contribution in [3.05, 3.63) is 58.6 Å². The second-order valence-corrected chi connectivity index (χ2v) is 8.42. The molecule has 0 aromatic heterocycles. The predicted octanol–water partition coefficient (Wildman–Crippen LogP) is 7.15. The molecule has 0 radical (unpaired) electrons. The van der Waals surface area contributed by atoms with Crippen molar-refractivity contribution in [1.82, 2.24) is 10.2 Å². The van der Waals surface area contributed by atoms with Crippen molar-refractivity contribution in [3.63, 3.8) is 0 Å². The Hall–Kier alpha value is -1.17. The first kappa shape index (κ1) is 31.8. The predicted molar refractivity (Wildman–Crippen MR) is 146 cm³/mol. The molecule has 0 aliphatic heterocycles. The first-order valence-corrected chi connectivity index (χ1v) is 12.0. The van der Waals surface area contributed by atoms with E-state index in [9.17, 15) is 0 Å². The highest BCUT2D eigenvalue weighted by molar-refractivity contribution is 6.30. The van der Waals surface area contributed by atoms with Crippen LogP contribution >= 0.6 is 36.4 Å². The van der Waals surface area contributed by atoms with Gasteiger partial charge < -0.3 is 19.7 Å². The van der Waals surface area contributed by atoms with E-state index in [1.165, 1.54) is 57.3 Å². The van der Waals surface area contributed by atoms with Crippen LogP contribution in [0, 0.1) is 0 Å². The Morgan fingerprint density at radius 3 is 2.03 bits per heavy atom. The van der Waals surface area contributed by atoms with E-state index < -0.39 is 0 Å². The number of halogens is 3. The summed E-state index contributed by atoms with van der Waals surface area (Å²) in [5, 5.41) is 4.30. The smallest absolute Gasteiger partial charge is 0.161 e. The van der Waals surface area contributed by atoms with Crippen molar-refractivity contribution < 1.29 is 9.47 Å². The number of benzene rings is 2. The average Bonchev–Trinajstić information content (AvgIpc) is 2.80. The minimum absolute atomic E-state index is 0. The first-order chi connectivity index (χ1) is 15.2. The van der Waals surface area contributed by atoms with Crippen LogP contribution in [0.2, 0.25) is 5.02 Å². The van der Waals surface area contributed by atoms with Crippen molar-refractivity contribution in [2.75, 3.05) is 33.3 Å². The van der Waals surface area contributed by atoms with Crippen LogP contribution in [0.1, 0.15) is 57.1 Å². The molecule has 0 heterocycles. The highest BCUT2D eigenvalue weighted by atomic mass is 35.5. The largest absolute Gasteiger partial charge is 0.493 e. The summed E-state index contributed by atoms with van der Waals surface area (Å²) >= 11 is 5.94. The summed E-state index contributed by atoms with van der Waals surface area (Å²) in [6.07, 6.45) is 6.30. The second kappa shape index (κ2) is 19.2. The molecule has 0 atom stereocenters. The van der Waals surface area contributed by atoms with Crippen LogP contribution < -0.4 is 14.8 Å². The standard InChI is InChI=1S/C26H39ClN2O2.2ClH/c1-4-6-16-29(17-7-5-2)18-8-15-28-20-23-11-14-25(26(19-23)30-3)31-21-22-9-12-24(27)13-10-22;;/h9-14,19,28H,4-8,15-18,20-21H2,1-3H3;2*1H. The summed E-state index contributed by atoms with van der Waals surface area (Å²) in [4.78, 5) is 2.62. The maximum absolute atomic E-state index is 5.95. The Balaban J connectivity index is 0.00000512. The van der Waals surface area contributed by atoms with E-state index in [0.29, 0.717) is 6.61 Å². The second-order valence-electron chi connectivity index (χ2n) is 7.98. The van der Waals surface area contributed by atoms with Crippen LogP contribution in [0.15, 0.2) is 42.5 Å². The Kier molecular flexibility index (Phi) is 18.5. The normalized spacial score (nSPS) is 10.5. The van der Waals surface area contributed by atoms with E-state index >= 15 is 0 Å². The third-order valence-corrected chi connectivity index (χ3v) is 5.60. The molecule has 1 N–H and O–H groups in total. The van der Waals surface area contributed by atoms with Gasteiger partial charge in [0, 0.05) is 11.6 Å². The van der Waals surface area contributed by atoms with Crippen molar-refractivity contribution in [3.8, 4) is 11.5 Å². The summed E-state index contributed by atoms with van der Waals surface area (Å²) in [6, 6.07) is 13.8. The zero-order valence-corrected chi connectivity index (χ0v) is 22.7. The molecule has 4 nitrogen and oxygen atoms in total. The number of methoxy groups -OCH3 is 1. The van der Waals surface area contributed by atoms with Crippen LogP contribution in [-0.4, -0.2) is 38.2 Å². The lowest BCUT2D eigenvalue weighted by atomic mass is 10.2. The fraction of sp³-hybridized carbons (Fsp3) is 0.538. The van der Waals surface area contributed by atoms with Gasteiger partial charge in [0.25, 0.3) is 0 Å². The van der Waals surface area contributed by atoms with E-state index in [-0.39, 0.29) is 24.8 Å². The molecule has 0 saturated heterocycles. The number of hydrogen-bond acceptors (Lipinski definition) is 4. The molecule has 0 saturated carbocycles. The van der Waals surface area contributed by atoms with Gasteiger partial charge in [-0.2, -0.15) is 0 Å². The highest BCUT2D eigenvalue weighted by Gasteiger charge is 2.07. The topological polar surface area (TPSA) is 33.7 Å². The summed E-state index contributed by atoms with van der Waals surface area (Å²) < 4.78 is 11.5. The van der Waals surface area contributed by atoms with Gasteiger partial charge in [0.2, 0.25) is 0 Å². The Labute approximate surface area is 218 Å². The van der Waals surface area contributed by atoms with Crippen molar-refractivity contribution in [1.29, 1.82) is 0 Å². The SMILES string of the molecule is CCCCN(CCCC)CCCNCc1ccc(OCc2ccc(Cl)cc2)c(OC)c1.Cl.Cl. The van der Waals surface area contributed by atoms with Crippen molar-refractivity contribution in [2.45, 2.75) is 59.1 Å². The summed E-state index contributed by atoms with van der Waals surface area (Å²) in [6.45, 7) is 10.5. The van der Waals surface area contributed by atoms with Gasteiger partial charge in [-0.05, 0) is 80.8 Å². The Morgan fingerprint density at radius 1 is 0.818 bits per heavy atom. The van der Waals surface area contributed by atoms with Gasteiger partial charge in [0.1, 0.15) is 6.61 Å². The fourth-order valence-corrected chi connectivity index (χ4v) is 3.57. The number of rotatable bonds is 16. The minimum Gasteiger partial charge on any atom is -0.493 e. The molecule has 33 heavy (non-hydrogen) atoms. The van der Waals surface area contributed by atoms with Gasteiger partial charge in [-0.15, -0.1) is 24.8 Å². The zero-order chi connectivity index (χ0) is 22.3. The molecule has 0 aliphatic rings. The number of ether oxygens (including phenoxy) is 2. The van der Waals surface area contributed by atoms with Gasteiger partial charge in [0.05, 0.1) is 7.11 Å². The molecule has 0 amide bonds. The zero-order valence-electron chi connectivity index (χ0n) is 20.3. The van der Waals surface area contributed by atoms with Gasteiger partial charge >= 0.3 is 0 Å². The minimum atomic E-state index is 0. The van der Waals surface area contributed by atoms with E-state index in [1.54, 1.807) is 7.11 Å². The van der Waals surface area contributed by atoms with Crippen LogP contribution in [0.5, 0.6) is 11.5 Å². The maximum atomic E-state index is 5.95. The van der Waals surface area contributed by atoms with Crippen molar-refractivity contribution >= 4 is 36.4 Å². The molecule has 0 bridgehead atoms. The fourth-order valence-electron chi connectivity index (χ4n) is 3.44. The molecule has 188 valence electrons. The van der Waals surface area contributed by atoms with Gasteiger partial charge in [-0.1, -0.05) is 56.5 Å². The van der Waals surface area contributed by atoms with Gasteiger partial charge in [0.15, 0.2) is 11.5 Å². The van der Waals surface area contributed by atoms with Crippen LogP contribution in [-0.2, 0) is 13.2 Å². The monoisotopic (exact) mass is 518 g/mol. The molecule has 0 spiro atoms. The number of unbranched alkanes of at least 4 members (excludes halogenated alkanes) is 2. The molecule has 0 aliphatic carbocycles. The average molecular weight is 520 g/mol. The molecular weight excluding hydrogens is 479 g/mol. The van der Waals surface area contributed by atoms with Gasteiger partial charge in [-0.3, -0.25) is 0 Å². The quantitative estimate of drug-likeness (QED) is 0.239. The third-order valence-electron chi connectivity index (χ3n) is 5.35. The number of nitrogens with one attached hydrogen (secondary N) is 1. The first-order valence-electron chi connectivity index (χ1n) is 11.6. The lowest BCUT2D eigenvalue weighted by Gasteiger charge is -2.22. The van der Waals surface area contributed by atoms with E-state index in [4.69, 9.17) is 21.1 Å². The summed E-state index contributed by atoms with van der Waals surface area (Å²) in [7, 11) is 1.68. The van der Waals surface area contributed by atoms with E-state index in [2.05, 4.69) is 36.2 Å². The molecular formula is C26H41Cl3N2O2. The molecule has 7 heteroatoms. The number of hydrogen-bond donors (Lipinski definition) is 1. The molecule has 2 aromatic rings. The lowest BCUT2D eigenvalue weighted by molar-refractivity contribution is 0.261. The lowest BCUT2D eigenvalue weighted by Crippen LogP contribution is -2.29. The Morgan fingerprint density at radius 2 is 1.42 bits per heavy atom. The third kappa shape index (κ3) is 12.8. The van der Waals surface area contributed by atoms with Crippen LogP contribution in [0.4, 0.5) is 0 Å². The molecule has 2 aromatic carbocycles. The molecule has 2 rings (SSSR count). The highest BCUT2D eigenvalue weighted by Crippen LogP contribution is 2.29. The number of nitrogens with zero attached hydrogens (tertiary/aromatic N) is 1. The molecule has 0 fully saturated rings. The van der Waals surface area contributed by atoms with E-state index in [1.807, 2.05) is 30.3 Å². The van der Waals surface area contributed by atoms with Crippen molar-refractivity contribution in [2.24, 2.45) is 0 Å². The van der Waals surface area contributed by atoms with Crippen LogP contribution in [0.25, 0.3) is 0 Å². The van der Waals surface area contributed by atoms with E-state index in [0.717, 1.165) is 35.2 Å². The Bertz CT molecular complexity index is 737. The summed E-state index contributed by atoms with van der Waals surface area (Å²) in [5.74, 6) is 1.52. The van der Waals surface area contributed by atoms with Gasteiger partial charge in [-0.25, -0.2) is 0 Å².